The molecule has 0 aromatic heterocycles. The van der Waals surface area contributed by atoms with Crippen LogP contribution < -0.4 is 0 Å². The molecule has 2 atom stereocenters. The van der Waals surface area contributed by atoms with Crippen LogP contribution in [-0.2, 0) is 17.4 Å². The second-order valence-electron chi connectivity index (χ2n) is 17.1. The second kappa shape index (κ2) is 15.0. The predicted octanol–water partition coefficient (Wildman–Crippen LogP) is 12.5. The fourth-order valence-corrected chi connectivity index (χ4v) is 29.8. The van der Waals surface area contributed by atoms with E-state index >= 15 is 0 Å². The van der Waals surface area contributed by atoms with Crippen molar-refractivity contribution in [2.75, 3.05) is 0 Å². The molecule has 0 saturated heterocycles. The average Bonchev–Trinajstić information content (AvgIpc) is 3.56. The molecule has 2 N–H and O–H groups in total. The number of hydrogen-bond donors (Lipinski definition) is 2. The van der Waals surface area contributed by atoms with E-state index in [0.29, 0.717) is 30.6 Å². The van der Waals surface area contributed by atoms with Gasteiger partial charge in [-0.05, 0) is 49.9 Å². The molecule has 2 nitrogen and oxygen atoms in total. The topological polar surface area (TPSA) is 40.5 Å². The van der Waals surface area contributed by atoms with Crippen molar-refractivity contribution >= 4 is 19.0 Å². The fraction of sp³-hybridized carbons (Fsp3) is 0.391. The van der Waals surface area contributed by atoms with E-state index < -0.39 is 17.4 Å². The Morgan fingerprint density at radius 3 is 1.08 bits per heavy atom. The molecule has 50 heavy (non-hydrogen) atoms. The van der Waals surface area contributed by atoms with E-state index in [-0.39, 0.29) is 0 Å². The van der Waals surface area contributed by atoms with Crippen LogP contribution in [0.4, 0.5) is 0 Å². The maximum absolute atomic E-state index is 9.21. The van der Waals surface area contributed by atoms with Crippen molar-refractivity contribution in [3.8, 4) is 11.5 Å². The minimum Gasteiger partial charge on any atom is -0.507 e. The van der Waals surface area contributed by atoms with Gasteiger partial charge in [0.1, 0.15) is 11.5 Å². The van der Waals surface area contributed by atoms with Crippen molar-refractivity contribution in [2.24, 2.45) is 0 Å². The SMILES string of the molecule is CC1=Cc2c(C)cc(C(C)C)cc2[CH]1[Zr]([CH3])([CH3])(=[SiH2])[CH]1C(C)=Cc2c(C)cc(C(C)C)cc21.Cc1cccc(C)c1O.Cc1cccc(C)c1O. The molecular formula is C46H62O2SiZr. The van der Waals surface area contributed by atoms with E-state index in [2.05, 4.69) is 108 Å². The van der Waals surface area contributed by atoms with Crippen LogP contribution in [-0.4, -0.2) is 17.1 Å². The van der Waals surface area contributed by atoms with Gasteiger partial charge in [-0.1, -0.05) is 36.4 Å². The Kier molecular flexibility index (Phi) is 11.9. The molecule has 0 fully saturated rings. The molecular weight excluding hydrogens is 704 g/mol. The summed E-state index contributed by atoms with van der Waals surface area (Å²) in [5.41, 5.74) is 19.2. The van der Waals surface area contributed by atoms with Crippen molar-refractivity contribution in [3.63, 3.8) is 0 Å². The third-order valence-electron chi connectivity index (χ3n) is 11.3. The first kappa shape index (κ1) is 39.8. The first-order chi connectivity index (χ1) is 23.1. The summed E-state index contributed by atoms with van der Waals surface area (Å²) in [7, 11) is 0. The Morgan fingerprint density at radius 2 is 0.820 bits per heavy atom. The molecule has 4 aromatic rings. The molecule has 2 unspecified atom stereocenters. The minimum atomic E-state index is -3.38. The summed E-state index contributed by atoms with van der Waals surface area (Å²) < 4.78 is 6.74. The van der Waals surface area contributed by atoms with Gasteiger partial charge in [0.2, 0.25) is 0 Å². The van der Waals surface area contributed by atoms with Gasteiger partial charge in [0.15, 0.2) is 0 Å². The molecule has 0 aliphatic heterocycles. The van der Waals surface area contributed by atoms with E-state index in [1.165, 1.54) is 33.4 Å². The number of rotatable bonds is 4. The zero-order chi connectivity index (χ0) is 37.5. The van der Waals surface area contributed by atoms with E-state index in [0.717, 1.165) is 22.3 Å². The van der Waals surface area contributed by atoms with Crippen LogP contribution in [0.25, 0.3) is 12.2 Å². The van der Waals surface area contributed by atoms with E-state index in [1.54, 1.807) is 22.3 Å². The zero-order valence-electron chi connectivity index (χ0n) is 33.3. The predicted molar refractivity (Wildman–Crippen MR) is 219 cm³/mol. The summed E-state index contributed by atoms with van der Waals surface area (Å²) in [6.45, 7) is 28.8. The van der Waals surface area contributed by atoms with Gasteiger partial charge < -0.3 is 10.2 Å². The number of aryl methyl sites for hydroxylation is 6. The number of phenols is 2. The molecule has 0 saturated carbocycles. The van der Waals surface area contributed by atoms with Gasteiger partial charge in [-0.25, -0.2) is 0 Å². The van der Waals surface area contributed by atoms with Crippen LogP contribution >= 0.6 is 0 Å². The average molecular weight is 766 g/mol. The van der Waals surface area contributed by atoms with Gasteiger partial charge >= 0.3 is 200 Å². The third-order valence-corrected chi connectivity index (χ3v) is 29.2. The summed E-state index contributed by atoms with van der Waals surface area (Å²) in [5.74, 6) is 1.97. The van der Waals surface area contributed by atoms with Gasteiger partial charge in [0.05, 0.1) is 0 Å². The molecule has 4 aromatic carbocycles. The quantitative estimate of drug-likeness (QED) is 0.203. The van der Waals surface area contributed by atoms with Crippen molar-refractivity contribution in [1.29, 1.82) is 0 Å². The molecule has 0 spiro atoms. The molecule has 6 rings (SSSR count). The molecule has 266 valence electrons. The van der Waals surface area contributed by atoms with Crippen LogP contribution in [0.1, 0.15) is 127 Å². The van der Waals surface area contributed by atoms with Gasteiger partial charge in [-0.15, -0.1) is 0 Å². The fourth-order valence-electron chi connectivity index (χ4n) is 8.66. The first-order valence-electron chi connectivity index (χ1n) is 18.4. The molecule has 2 aliphatic rings. The van der Waals surface area contributed by atoms with Crippen molar-refractivity contribution in [2.45, 2.75) is 111 Å². The van der Waals surface area contributed by atoms with Crippen molar-refractivity contribution in [3.05, 3.63) is 139 Å². The summed E-state index contributed by atoms with van der Waals surface area (Å²) in [6.07, 6.45) is 5.05. The van der Waals surface area contributed by atoms with E-state index in [1.807, 2.05) is 64.1 Å². The smallest absolute Gasteiger partial charge is 0.121 e. The van der Waals surface area contributed by atoms with Gasteiger partial charge in [0, 0.05) is 0 Å². The first-order valence-corrected chi connectivity index (χ1v) is 32.0. The second-order valence-corrected chi connectivity index (χ2v) is 47.5. The van der Waals surface area contributed by atoms with Crippen LogP contribution in [0.3, 0.4) is 0 Å². The molecule has 0 bridgehead atoms. The maximum atomic E-state index is 9.21. The molecule has 0 amide bonds. The summed E-state index contributed by atoms with van der Waals surface area (Å²) in [6, 6.07) is 21.4. The summed E-state index contributed by atoms with van der Waals surface area (Å²) in [4.78, 5) is 0. The number of benzene rings is 4. The van der Waals surface area contributed by atoms with E-state index in [9.17, 15) is 10.2 Å². The van der Waals surface area contributed by atoms with Crippen LogP contribution in [0.5, 0.6) is 11.5 Å². The Balaban J connectivity index is 0.000000253. The molecule has 4 heteroatoms. The number of phenolic OH excluding ortho intramolecular Hbond substituents is 2. The Labute approximate surface area is 306 Å². The largest absolute Gasteiger partial charge is 0.507 e. The number of allylic oxidation sites excluding steroid dienone is 2. The maximum Gasteiger partial charge on any atom is 0.121 e. The van der Waals surface area contributed by atoms with Crippen molar-refractivity contribution < 1.29 is 27.6 Å². The molecule has 0 radical (unpaired) electrons. The van der Waals surface area contributed by atoms with Gasteiger partial charge in [-0.2, -0.15) is 0 Å². The Morgan fingerprint density at radius 1 is 0.520 bits per heavy atom. The monoisotopic (exact) mass is 764 g/mol. The van der Waals surface area contributed by atoms with Gasteiger partial charge in [-0.3, -0.25) is 0 Å². The normalized spacial score (nSPS) is 16.6. The van der Waals surface area contributed by atoms with Crippen LogP contribution in [0, 0.1) is 41.5 Å². The number of hydrogen-bond acceptors (Lipinski definition) is 2. The Hall–Kier alpha value is -2.94. The molecule has 0 heterocycles. The number of para-hydroxylation sites is 2. The summed E-state index contributed by atoms with van der Waals surface area (Å²) in [5, 5.41) is 18.4. The van der Waals surface area contributed by atoms with Gasteiger partial charge in [0.25, 0.3) is 0 Å². The Bertz CT molecular complexity index is 1870. The van der Waals surface area contributed by atoms with Crippen LogP contribution in [0.2, 0.25) is 9.26 Å². The summed E-state index contributed by atoms with van der Waals surface area (Å²) >= 11 is -3.38. The third kappa shape index (κ3) is 7.93. The van der Waals surface area contributed by atoms with E-state index in [4.69, 9.17) is 0 Å². The molecule has 2 aliphatic carbocycles. The zero-order valence-corrected chi connectivity index (χ0v) is 37.2. The number of aromatic hydroxyl groups is 2. The van der Waals surface area contributed by atoms with Crippen LogP contribution in [0.15, 0.2) is 71.8 Å². The van der Waals surface area contributed by atoms with Crippen molar-refractivity contribution in [1.82, 2.24) is 0 Å². The number of fused-ring (bicyclic) bond motifs is 2. The standard InChI is InChI=1S/2C14H17.2C8H10O.2CH3.H2Si.Zr/c2*1-9(2)12-7-11(4)14-6-10(3)5-13(14)8-12;2*1-6-4-3-5-7(2)8(6)9;;;;/h2*5-9H,1-4H3;2*3-5,9H,1-2H3;2*1H3;1H2;. The minimum absolute atomic E-state index is 0.414.